The van der Waals surface area contributed by atoms with Crippen LogP contribution in [0.1, 0.15) is 31.9 Å². The highest BCUT2D eigenvalue weighted by atomic mass is 79.9. The zero-order valence-electron chi connectivity index (χ0n) is 7.76. The molecule has 1 heterocycles. The lowest BCUT2D eigenvalue weighted by Gasteiger charge is -1.98. The first-order chi connectivity index (χ1) is 6.06. The molecule has 0 spiro atoms. The van der Waals surface area contributed by atoms with Crippen LogP contribution in [0.25, 0.3) is 0 Å². The van der Waals surface area contributed by atoms with Crippen LogP contribution < -0.4 is 0 Å². The first-order valence-corrected chi connectivity index (χ1v) is 5.62. The lowest BCUT2D eigenvalue weighted by molar-refractivity contribution is 0.0606. The van der Waals surface area contributed by atoms with Gasteiger partial charge in [-0.15, -0.1) is 11.3 Å². The van der Waals surface area contributed by atoms with Crippen LogP contribution in [0.3, 0.4) is 0 Å². The van der Waals surface area contributed by atoms with Crippen molar-refractivity contribution in [3.8, 4) is 0 Å². The minimum atomic E-state index is -0.257. The predicted octanol–water partition coefficient (Wildman–Crippen LogP) is 3.30. The summed E-state index contributed by atoms with van der Waals surface area (Å²) >= 11 is 4.95. The van der Waals surface area contributed by atoms with Crippen molar-refractivity contribution >= 4 is 33.2 Å². The van der Waals surface area contributed by atoms with E-state index in [-0.39, 0.29) is 10.8 Å². The molecular formula is C9H11BrO2S. The van der Waals surface area contributed by atoms with E-state index in [0.717, 1.165) is 5.56 Å². The molecule has 0 aliphatic carbocycles. The van der Waals surface area contributed by atoms with Crippen LogP contribution in [-0.2, 0) is 4.74 Å². The number of alkyl halides is 1. The summed E-state index contributed by atoms with van der Waals surface area (Å²) in [4.78, 5) is 13.3. The second kappa shape index (κ2) is 4.24. The largest absolute Gasteiger partial charge is 0.465 e. The summed E-state index contributed by atoms with van der Waals surface area (Å²) in [5.41, 5.74) is 1.13. The number of thiophene rings is 1. The Balaban J connectivity index is 3.02. The number of aryl methyl sites for hydroxylation is 1. The van der Waals surface area contributed by atoms with Crippen molar-refractivity contribution in [2.45, 2.75) is 18.7 Å². The zero-order chi connectivity index (χ0) is 10.0. The maximum absolute atomic E-state index is 11.2. The molecule has 1 unspecified atom stereocenters. The standard InChI is InChI=1S/C9H11BrO2S/c1-5-4-7(9(11)12-3)13-8(5)6(2)10/h4,6H,1-3H3. The lowest BCUT2D eigenvalue weighted by Crippen LogP contribution is -1.96. The highest BCUT2D eigenvalue weighted by Gasteiger charge is 2.14. The van der Waals surface area contributed by atoms with Gasteiger partial charge in [0.15, 0.2) is 0 Å². The van der Waals surface area contributed by atoms with Crippen molar-refractivity contribution in [1.29, 1.82) is 0 Å². The third kappa shape index (κ3) is 2.31. The Kier molecular flexibility index (Phi) is 3.50. The number of hydrogen-bond donors (Lipinski definition) is 0. The quantitative estimate of drug-likeness (QED) is 0.604. The second-order valence-corrected chi connectivity index (χ2v) is 5.22. The number of rotatable bonds is 2. The minimum Gasteiger partial charge on any atom is -0.465 e. The van der Waals surface area contributed by atoms with Gasteiger partial charge in [-0.3, -0.25) is 0 Å². The topological polar surface area (TPSA) is 26.3 Å². The summed E-state index contributed by atoms with van der Waals surface area (Å²) in [7, 11) is 1.40. The van der Waals surface area contributed by atoms with Gasteiger partial charge in [-0.05, 0) is 25.5 Å². The van der Waals surface area contributed by atoms with Gasteiger partial charge in [0.1, 0.15) is 4.88 Å². The van der Waals surface area contributed by atoms with Crippen molar-refractivity contribution in [1.82, 2.24) is 0 Å². The highest BCUT2D eigenvalue weighted by Crippen LogP contribution is 2.32. The van der Waals surface area contributed by atoms with Crippen LogP contribution in [0, 0.1) is 6.92 Å². The molecule has 0 fully saturated rings. The molecule has 0 radical (unpaired) electrons. The van der Waals surface area contributed by atoms with Gasteiger partial charge in [0.25, 0.3) is 0 Å². The van der Waals surface area contributed by atoms with Crippen molar-refractivity contribution in [3.05, 3.63) is 21.4 Å². The van der Waals surface area contributed by atoms with Crippen LogP contribution >= 0.6 is 27.3 Å². The Labute approximate surface area is 90.0 Å². The van der Waals surface area contributed by atoms with Gasteiger partial charge in [-0.25, -0.2) is 4.79 Å². The maximum Gasteiger partial charge on any atom is 0.348 e. The van der Waals surface area contributed by atoms with E-state index in [4.69, 9.17) is 0 Å². The van der Waals surface area contributed by atoms with Crippen LogP contribution in [0.4, 0.5) is 0 Å². The van der Waals surface area contributed by atoms with Gasteiger partial charge in [0, 0.05) is 9.70 Å². The molecule has 0 aliphatic rings. The molecule has 1 aromatic heterocycles. The summed E-state index contributed by atoms with van der Waals surface area (Å²) in [6, 6.07) is 1.86. The van der Waals surface area contributed by atoms with Gasteiger partial charge in [0.05, 0.1) is 7.11 Å². The van der Waals surface area contributed by atoms with Crippen LogP contribution in [0.2, 0.25) is 0 Å². The molecule has 0 aliphatic heterocycles. The Morgan fingerprint density at radius 3 is 2.69 bits per heavy atom. The zero-order valence-corrected chi connectivity index (χ0v) is 10.2. The first-order valence-electron chi connectivity index (χ1n) is 3.89. The van der Waals surface area contributed by atoms with E-state index in [1.807, 2.05) is 19.9 Å². The fourth-order valence-corrected chi connectivity index (χ4v) is 2.76. The first kappa shape index (κ1) is 10.7. The Bertz CT molecular complexity index is 317. The Hall–Kier alpha value is -0.350. The molecule has 1 atom stereocenters. The SMILES string of the molecule is COC(=O)c1cc(C)c(C(C)Br)s1. The number of methoxy groups -OCH3 is 1. The number of carbonyl (C=O) groups excluding carboxylic acids is 1. The maximum atomic E-state index is 11.2. The molecule has 0 amide bonds. The summed E-state index contributed by atoms with van der Waals surface area (Å²) in [5, 5.41) is 0. The van der Waals surface area contributed by atoms with Crippen LogP contribution in [0.5, 0.6) is 0 Å². The fourth-order valence-electron chi connectivity index (χ4n) is 1.09. The number of esters is 1. The summed E-state index contributed by atoms with van der Waals surface area (Å²) in [6.45, 7) is 4.04. The summed E-state index contributed by atoms with van der Waals surface area (Å²) < 4.78 is 4.64. The third-order valence-corrected chi connectivity index (χ3v) is 3.86. The number of carbonyl (C=O) groups is 1. The van der Waals surface area contributed by atoms with Crippen molar-refractivity contribution in [2.24, 2.45) is 0 Å². The van der Waals surface area contributed by atoms with Gasteiger partial charge in [-0.2, -0.15) is 0 Å². The third-order valence-electron chi connectivity index (χ3n) is 1.70. The normalized spacial score (nSPS) is 12.6. The minimum absolute atomic E-state index is 0.257. The lowest BCUT2D eigenvalue weighted by atomic mass is 10.2. The number of halogens is 1. The van der Waals surface area contributed by atoms with Gasteiger partial charge in [-0.1, -0.05) is 15.9 Å². The van der Waals surface area contributed by atoms with Crippen molar-refractivity contribution < 1.29 is 9.53 Å². The highest BCUT2D eigenvalue weighted by molar-refractivity contribution is 9.09. The van der Waals surface area contributed by atoms with Crippen LogP contribution in [-0.4, -0.2) is 13.1 Å². The molecule has 2 nitrogen and oxygen atoms in total. The van der Waals surface area contributed by atoms with Gasteiger partial charge >= 0.3 is 5.97 Å². The smallest absolute Gasteiger partial charge is 0.348 e. The summed E-state index contributed by atoms with van der Waals surface area (Å²) in [6.07, 6.45) is 0. The second-order valence-electron chi connectivity index (χ2n) is 2.77. The molecule has 13 heavy (non-hydrogen) atoms. The molecule has 0 bridgehead atoms. The van der Waals surface area contributed by atoms with Crippen molar-refractivity contribution in [2.75, 3.05) is 7.11 Å². The van der Waals surface area contributed by atoms with E-state index in [1.54, 1.807) is 0 Å². The molecular weight excluding hydrogens is 252 g/mol. The van der Waals surface area contributed by atoms with E-state index in [1.165, 1.54) is 23.3 Å². The average molecular weight is 263 g/mol. The Morgan fingerprint density at radius 1 is 1.69 bits per heavy atom. The van der Waals surface area contributed by atoms with Gasteiger partial charge in [0.2, 0.25) is 0 Å². The Morgan fingerprint density at radius 2 is 2.31 bits per heavy atom. The molecule has 1 aromatic rings. The fraction of sp³-hybridized carbons (Fsp3) is 0.444. The molecule has 4 heteroatoms. The average Bonchev–Trinajstić information content (AvgIpc) is 2.46. The number of hydrogen-bond acceptors (Lipinski definition) is 3. The van der Waals surface area contributed by atoms with Gasteiger partial charge < -0.3 is 4.74 Å². The van der Waals surface area contributed by atoms with Crippen LogP contribution in [0.15, 0.2) is 6.07 Å². The monoisotopic (exact) mass is 262 g/mol. The predicted molar refractivity (Wildman–Crippen MR) is 57.7 cm³/mol. The van der Waals surface area contributed by atoms with E-state index in [9.17, 15) is 4.79 Å². The molecule has 0 saturated heterocycles. The number of ether oxygens (including phenoxy) is 1. The molecule has 0 saturated carbocycles. The van der Waals surface area contributed by atoms with E-state index in [2.05, 4.69) is 20.7 Å². The van der Waals surface area contributed by atoms with E-state index >= 15 is 0 Å². The summed E-state index contributed by atoms with van der Waals surface area (Å²) in [5.74, 6) is -0.257. The van der Waals surface area contributed by atoms with E-state index in [0.29, 0.717) is 4.88 Å². The molecule has 1 rings (SSSR count). The molecule has 72 valence electrons. The molecule has 0 aromatic carbocycles. The van der Waals surface area contributed by atoms with Crippen molar-refractivity contribution in [3.63, 3.8) is 0 Å². The molecule has 0 N–H and O–H groups in total. The van der Waals surface area contributed by atoms with E-state index < -0.39 is 0 Å².